The fourth-order valence-corrected chi connectivity index (χ4v) is 4.40. The number of amides is 1. The van der Waals surface area contributed by atoms with Crippen LogP contribution in [0.5, 0.6) is 5.75 Å². The van der Waals surface area contributed by atoms with Crippen molar-refractivity contribution in [3.8, 4) is 22.6 Å². The molecule has 0 bridgehead atoms. The molecule has 1 amide bonds. The van der Waals surface area contributed by atoms with Crippen molar-refractivity contribution >= 4 is 27.7 Å². The van der Waals surface area contributed by atoms with Crippen molar-refractivity contribution in [1.82, 2.24) is 9.78 Å². The molecule has 1 fully saturated rings. The predicted octanol–water partition coefficient (Wildman–Crippen LogP) is 5.50. The Balaban J connectivity index is 1.88. The molecule has 1 saturated carbocycles. The summed E-state index contributed by atoms with van der Waals surface area (Å²) in [5.41, 5.74) is 2.03. The van der Waals surface area contributed by atoms with Gasteiger partial charge in [-0.1, -0.05) is 47.3 Å². The summed E-state index contributed by atoms with van der Waals surface area (Å²) >= 11 is 3.46. The van der Waals surface area contributed by atoms with Crippen LogP contribution in [0, 0.1) is 12.8 Å². The zero-order valence-corrected chi connectivity index (χ0v) is 19.8. The van der Waals surface area contributed by atoms with E-state index in [-0.39, 0.29) is 17.3 Å². The van der Waals surface area contributed by atoms with Crippen LogP contribution in [0.4, 0.5) is 5.82 Å². The van der Waals surface area contributed by atoms with Gasteiger partial charge in [0.25, 0.3) is 0 Å². The molecule has 0 radical (unpaired) electrons. The van der Waals surface area contributed by atoms with E-state index in [0.29, 0.717) is 28.4 Å². The van der Waals surface area contributed by atoms with E-state index in [9.17, 15) is 9.59 Å². The molecule has 3 aromatic rings. The van der Waals surface area contributed by atoms with E-state index in [0.717, 1.165) is 42.3 Å². The molecule has 7 heteroatoms. The van der Waals surface area contributed by atoms with Crippen molar-refractivity contribution in [2.24, 2.45) is 5.92 Å². The van der Waals surface area contributed by atoms with Gasteiger partial charge in [-0.25, -0.2) is 4.68 Å². The maximum Gasteiger partial charge on any atom is 0.228 e. The quantitative estimate of drug-likeness (QED) is 0.507. The third-order valence-electron chi connectivity index (χ3n) is 5.92. The number of aryl methyl sites for hydroxylation is 1. The standard InChI is InChI=1S/C25H26BrN3O3/c1-16-23(30)22(17-8-14-21(32-2)15-9-17)24(27-25(31)18-6-4-3-5-7-18)29(28-16)20-12-10-19(26)11-13-20/h8-15,18H,3-7H2,1-2H3,(H,27,31). The average Bonchev–Trinajstić information content (AvgIpc) is 2.83. The van der Waals surface area contributed by atoms with Gasteiger partial charge in [0.1, 0.15) is 17.3 Å². The van der Waals surface area contributed by atoms with Crippen molar-refractivity contribution < 1.29 is 9.53 Å². The lowest BCUT2D eigenvalue weighted by atomic mass is 9.88. The minimum Gasteiger partial charge on any atom is -0.497 e. The van der Waals surface area contributed by atoms with Gasteiger partial charge in [0.05, 0.1) is 18.4 Å². The molecule has 1 aromatic heterocycles. The molecule has 166 valence electrons. The number of carbonyl (C=O) groups excluding carboxylic acids is 1. The highest BCUT2D eigenvalue weighted by Gasteiger charge is 2.25. The number of benzene rings is 2. The number of nitrogens with zero attached hydrogens (tertiary/aromatic N) is 2. The molecule has 32 heavy (non-hydrogen) atoms. The van der Waals surface area contributed by atoms with Gasteiger partial charge in [-0.15, -0.1) is 0 Å². The van der Waals surface area contributed by atoms with Crippen molar-refractivity contribution in [2.45, 2.75) is 39.0 Å². The van der Waals surface area contributed by atoms with E-state index in [1.54, 1.807) is 30.8 Å². The number of carbonyl (C=O) groups is 1. The highest BCUT2D eigenvalue weighted by molar-refractivity contribution is 9.10. The predicted molar refractivity (Wildman–Crippen MR) is 129 cm³/mol. The van der Waals surface area contributed by atoms with Gasteiger partial charge >= 0.3 is 0 Å². The molecule has 6 nitrogen and oxygen atoms in total. The van der Waals surface area contributed by atoms with E-state index in [1.165, 1.54) is 0 Å². The molecule has 1 N–H and O–H groups in total. The topological polar surface area (TPSA) is 73.2 Å². The maximum absolute atomic E-state index is 13.3. The SMILES string of the molecule is COc1ccc(-c2c(NC(=O)C3CCCCC3)n(-c3ccc(Br)cc3)nc(C)c2=O)cc1. The normalized spacial score (nSPS) is 14.2. The molecule has 2 aromatic carbocycles. The van der Waals surface area contributed by atoms with Gasteiger partial charge in [-0.05, 0) is 61.7 Å². The first-order valence-electron chi connectivity index (χ1n) is 10.8. The Morgan fingerprint density at radius 2 is 1.72 bits per heavy atom. The summed E-state index contributed by atoms with van der Waals surface area (Å²) in [6.45, 7) is 1.69. The van der Waals surface area contributed by atoms with E-state index >= 15 is 0 Å². The summed E-state index contributed by atoms with van der Waals surface area (Å²) in [5, 5.41) is 7.62. The molecule has 0 aliphatic heterocycles. The molecular formula is C25H26BrN3O3. The molecule has 0 unspecified atom stereocenters. The first-order chi connectivity index (χ1) is 15.5. The Bertz CT molecular complexity index is 1160. The third kappa shape index (κ3) is 4.63. The Hall–Kier alpha value is -2.93. The number of anilines is 1. The number of nitrogens with one attached hydrogen (secondary N) is 1. The van der Waals surface area contributed by atoms with Crippen LogP contribution in [0.25, 0.3) is 16.8 Å². The van der Waals surface area contributed by atoms with Gasteiger partial charge in [0.15, 0.2) is 0 Å². The first-order valence-corrected chi connectivity index (χ1v) is 11.6. The van der Waals surface area contributed by atoms with Gasteiger partial charge in [-0.2, -0.15) is 5.10 Å². The first kappa shape index (κ1) is 22.3. The zero-order chi connectivity index (χ0) is 22.7. The maximum atomic E-state index is 13.3. The smallest absolute Gasteiger partial charge is 0.228 e. The van der Waals surface area contributed by atoms with Crippen LogP contribution >= 0.6 is 15.9 Å². The second kappa shape index (κ2) is 9.69. The van der Waals surface area contributed by atoms with Crippen LogP contribution in [-0.4, -0.2) is 22.8 Å². The van der Waals surface area contributed by atoms with Crippen LogP contribution < -0.4 is 15.5 Å². The molecule has 4 rings (SSSR count). The molecule has 1 aliphatic rings. The Kier molecular flexibility index (Phi) is 6.74. The van der Waals surface area contributed by atoms with Crippen molar-refractivity contribution in [3.63, 3.8) is 0 Å². The van der Waals surface area contributed by atoms with E-state index in [1.807, 2.05) is 36.4 Å². The highest BCUT2D eigenvalue weighted by atomic mass is 79.9. The molecule has 1 aliphatic carbocycles. The van der Waals surface area contributed by atoms with E-state index in [4.69, 9.17) is 4.74 Å². The minimum absolute atomic E-state index is 0.0535. The number of hydrogen-bond donors (Lipinski definition) is 1. The number of aromatic nitrogens is 2. The van der Waals surface area contributed by atoms with Crippen LogP contribution in [0.1, 0.15) is 37.8 Å². The zero-order valence-electron chi connectivity index (χ0n) is 18.2. The van der Waals surface area contributed by atoms with Gasteiger partial charge in [0.2, 0.25) is 11.3 Å². The van der Waals surface area contributed by atoms with Gasteiger partial charge < -0.3 is 10.1 Å². The monoisotopic (exact) mass is 495 g/mol. The fourth-order valence-electron chi connectivity index (χ4n) is 4.13. The number of methoxy groups -OCH3 is 1. The summed E-state index contributed by atoms with van der Waals surface area (Å²) in [5.74, 6) is 0.974. The highest BCUT2D eigenvalue weighted by Crippen LogP contribution is 2.31. The number of hydrogen-bond acceptors (Lipinski definition) is 4. The number of halogens is 1. The number of rotatable bonds is 5. The van der Waals surface area contributed by atoms with E-state index < -0.39 is 0 Å². The second-order valence-corrected chi connectivity index (χ2v) is 8.99. The van der Waals surface area contributed by atoms with Gasteiger partial charge in [-0.3, -0.25) is 9.59 Å². The van der Waals surface area contributed by atoms with Crippen molar-refractivity contribution in [3.05, 3.63) is 68.9 Å². The largest absolute Gasteiger partial charge is 0.497 e. The molecule has 0 saturated heterocycles. The summed E-state index contributed by atoms with van der Waals surface area (Å²) in [7, 11) is 1.60. The van der Waals surface area contributed by atoms with Crippen LogP contribution in [0.3, 0.4) is 0 Å². The Labute approximate surface area is 195 Å². The fraction of sp³-hybridized carbons (Fsp3) is 0.320. The second-order valence-electron chi connectivity index (χ2n) is 8.08. The van der Waals surface area contributed by atoms with Crippen LogP contribution in [0.15, 0.2) is 57.8 Å². The molecule has 0 spiro atoms. The third-order valence-corrected chi connectivity index (χ3v) is 6.45. The van der Waals surface area contributed by atoms with Crippen molar-refractivity contribution in [2.75, 3.05) is 12.4 Å². The van der Waals surface area contributed by atoms with Crippen LogP contribution in [-0.2, 0) is 4.79 Å². The summed E-state index contributed by atoms with van der Waals surface area (Å²) in [6, 6.07) is 14.9. The Morgan fingerprint density at radius 3 is 2.34 bits per heavy atom. The van der Waals surface area contributed by atoms with E-state index in [2.05, 4.69) is 26.3 Å². The summed E-state index contributed by atoms with van der Waals surface area (Å²) < 4.78 is 7.86. The lowest BCUT2D eigenvalue weighted by Gasteiger charge is -2.23. The molecule has 0 atom stereocenters. The average molecular weight is 496 g/mol. The van der Waals surface area contributed by atoms with Gasteiger partial charge in [0, 0.05) is 10.4 Å². The van der Waals surface area contributed by atoms with Crippen LogP contribution in [0.2, 0.25) is 0 Å². The van der Waals surface area contributed by atoms with Crippen molar-refractivity contribution in [1.29, 1.82) is 0 Å². The summed E-state index contributed by atoms with van der Waals surface area (Å²) in [4.78, 5) is 26.5. The lowest BCUT2D eigenvalue weighted by Crippen LogP contribution is -2.29. The number of ether oxygens (including phenoxy) is 1. The molecule has 1 heterocycles. The summed E-state index contributed by atoms with van der Waals surface area (Å²) in [6.07, 6.45) is 5.00. The Morgan fingerprint density at radius 1 is 1.06 bits per heavy atom. The molecular weight excluding hydrogens is 470 g/mol. The minimum atomic E-state index is -0.206. The lowest BCUT2D eigenvalue weighted by molar-refractivity contribution is -0.120.